The Kier molecular flexibility index (Phi) is 7.63. The number of carbonyl (C=O) groups is 1. The molecule has 0 spiro atoms. The molecule has 0 aliphatic heterocycles. The van der Waals surface area contributed by atoms with Crippen LogP contribution in [0.5, 0.6) is 0 Å². The molecule has 5 nitrogen and oxygen atoms in total. The van der Waals surface area contributed by atoms with Crippen LogP contribution in [0.1, 0.15) is 46.5 Å². The monoisotopic (exact) mass is 300 g/mol. The highest BCUT2D eigenvalue weighted by Crippen LogP contribution is 2.35. The van der Waals surface area contributed by atoms with Gasteiger partial charge in [0.15, 0.2) is 0 Å². The van der Waals surface area contributed by atoms with Gasteiger partial charge < -0.3 is 14.8 Å². The number of ether oxygens (including phenoxy) is 2. The fourth-order valence-corrected chi connectivity index (χ4v) is 3.34. The van der Waals surface area contributed by atoms with Gasteiger partial charge in [0.1, 0.15) is 5.54 Å². The molecule has 1 rings (SSSR count). The first-order valence-corrected chi connectivity index (χ1v) is 8.09. The average Bonchev–Trinajstić information content (AvgIpc) is 2.90. The summed E-state index contributed by atoms with van der Waals surface area (Å²) in [5.41, 5.74) is -0.504. The second-order valence-electron chi connectivity index (χ2n) is 6.22. The van der Waals surface area contributed by atoms with E-state index < -0.39 is 5.54 Å². The highest BCUT2D eigenvalue weighted by atomic mass is 16.5. The lowest BCUT2D eigenvalue weighted by molar-refractivity contribution is -0.148. The zero-order valence-electron chi connectivity index (χ0n) is 14.3. The summed E-state index contributed by atoms with van der Waals surface area (Å²) in [6.07, 6.45) is 3.71. The maximum Gasteiger partial charge on any atom is 0.326 e. The third kappa shape index (κ3) is 4.66. The average molecular weight is 300 g/mol. The van der Waals surface area contributed by atoms with Crippen LogP contribution in [0, 0.1) is 0 Å². The van der Waals surface area contributed by atoms with E-state index in [1.165, 1.54) is 7.11 Å². The molecule has 1 saturated carbocycles. The number of nitrogens with zero attached hydrogens (tertiary/aromatic N) is 1. The third-order valence-electron chi connectivity index (χ3n) is 4.46. The Bertz CT molecular complexity index is 323. The summed E-state index contributed by atoms with van der Waals surface area (Å²) in [6.45, 7) is 9.00. The van der Waals surface area contributed by atoms with Gasteiger partial charge in [0, 0.05) is 25.7 Å². The minimum Gasteiger partial charge on any atom is -0.468 e. The van der Waals surface area contributed by atoms with Crippen LogP contribution in [0.4, 0.5) is 0 Å². The van der Waals surface area contributed by atoms with Gasteiger partial charge in [0.25, 0.3) is 0 Å². The molecule has 124 valence electrons. The maximum atomic E-state index is 12.3. The van der Waals surface area contributed by atoms with Crippen molar-refractivity contribution in [1.29, 1.82) is 0 Å². The Morgan fingerprint density at radius 3 is 2.67 bits per heavy atom. The molecule has 0 bridgehead atoms. The number of hydrogen-bond donors (Lipinski definition) is 1. The van der Waals surface area contributed by atoms with Crippen LogP contribution in [-0.2, 0) is 14.3 Å². The SMILES string of the molecule is CCCNC1(C(=O)OC)CCC(N(CCOC)C(C)C)C1. The van der Waals surface area contributed by atoms with Gasteiger partial charge in [-0.2, -0.15) is 0 Å². The van der Waals surface area contributed by atoms with Crippen LogP contribution in [0.15, 0.2) is 0 Å². The van der Waals surface area contributed by atoms with E-state index in [0.29, 0.717) is 12.1 Å². The molecule has 0 aromatic carbocycles. The second kappa shape index (κ2) is 8.71. The molecule has 0 radical (unpaired) electrons. The van der Waals surface area contributed by atoms with Crippen molar-refractivity contribution in [1.82, 2.24) is 10.2 Å². The van der Waals surface area contributed by atoms with Gasteiger partial charge in [-0.05, 0) is 46.1 Å². The van der Waals surface area contributed by atoms with Gasteiger partial charge in [-0.15, -0.1) is 0 Å². The summed E-state index contributed by atoms with van der Waals surface area (Å²) in [7, 11) is 3.21. The van der Waals surface area contributed by atoms with E-state index in [0.717, 1.165) is 45.4 Å². The van der Waals surface area contributed by atoms with Crippen molar-refractivity contribution in [2.24, 2.45) is 0 Å². The molecule has 2 atom stereocenters. The predicted octanol–water partition coefficient (Wildman–Crippen LogP) is 1.81. The zero-order valence-corrected chi connectivity index (χ0v) is 14.3. The minimum absolute atomic E-state index is 0.117. The fraction of sp³-hybridized carbons (Fsp3) is 0.938. The molecule has 1 N–H and O–H groups in total. The van der Waals surface area contributed by atoms with Gasteiger partial charge in [-0.1, -0.05) is 6.92 Å². The first kappa shape index (κ1) is 18.4. The largest absolute Gasteiger partial charge is 0.468 e. The second-order valence-corrected chi connectivity index (χ2v) is 6.22. The summed E-state index contributed by atoms with van der Waals surface area (Å²) in [6, 6.07) is 0.855. The molecule has 0 saturated heterocycles. The van der Waals surface area contributed by atoms with Crippen LogP contribution in [0.2, 0.25) is 0 Å². The molecule has 5 heteroatoms. The fourth-order valence-electron chi connectivity index (χ4n) is 3.34. The van der Waals surface area contributed by atoms with E-state index >= 15 is 0 Å². The molecular formula is C16H32N2O3. The summed E-state index contributed by atoms with van der Waals surface area (Å²) < 4.78 is 10.3. The Balaban J connectivity index is 2.77. The Labute approximate surface area is 129 Å². The van der Waals surface area contributed by atoms with Crippen molar-refractivity contribution >= 4 is 5.97 Å². The van der Waals surface area contributed by atoms with Crippen molar-refractivity contribution in [3.63, 3.8) is 0 Å². The summed E-state index contributed by atoms with van der Waals surface area (Å²) in [4.78, 5) is 14.7. The topological polar surface area (TPSA) is 50.8 Å². The van der Waals surface area contributed by atoms with Gasteiger partial charge in [-0.3, -0.25) is 9.69 Å². The molecule has 0 aromatic rings. The standard InChI is InChI=1S/C16H32N2O3/c1-6-9-17-16(15(19)21-5)8-7-14(12-16)18(13(2)3)10-11-20-4/h13-14,17H,6-12H2,1-5H3. The van der Waals surface area contributed by atoms with Gasteiger partial charge >= 0.3 is 5.97 Å². The van der Waals surface area contributed by atoms with Crippen LogP contribution >= 0.6 is 0 Å². The smallest absolute Gasteiger partial charge is 0.326 e. The molecule has 2 unspecified atom stereocenters. The maximum absolute atomic E-state index is 12.3. The van der Waals surface area contributed by atoms with Crippen molar-refractivity contribution < 1.29 is 14.3 Å². The zero-order chi connectivity index (χ0) is 15.9. The van der Waals surface area contributed by atoms with Crippen LogP contribution in [0.3, 0.4) is 0 Å². The third-order valence-corrected chi connectivity index (χ3v) is 4.46. The van der Waals surface area contributed by atoms with E-state index in [-0.39, 0.29) is 5.97 Å². The molecule has 0 aromatic heterocycles. The first-order valence-electron chi connectivity index (χ1n) is 8.09. The highest BCUT2D eigenvalue weighted by Gasteiger charge is 2.47. The molecule has 21 heavy (non-hydrogen) atoms. The molecular weight excluding hydrogens is 268 g/mol. The van der Waals surface area contributed by atoms with E-state index in [2.05, 4.69) is 31.0 Å². The van der Waals surface area contributed by atoms with Crippen molar-refractivity contribution in [3.8, 4) is 0 Å². The Hall–Kier alpha value is -0.650. The van der Waals surface area contributed by atoms with E-state index in [4.69, 9.17) is 9.47 Å². The summed E-state index contributed by atoms with van der Waals surface area (Å²) in [5, 5.41) is 3.44. The number of rotatable bonds is 9. The lowest BCUT2D eigenvalue weighted by Crippen LogP contribution is -2.52. The molecule has 1 aliphatic carbocycles. The van der Waals surface area contributed by atoms with E-state index in [1.54, 1.807) is 7.11 Å². The van der Waals surface area contributed by atoms with Crippen molar-refractivity contribution in [3.05, 3.63) is 0 Å². The van der Waals surface area contributed by atoms with E-state index in [1.807, 2.05) is 0 Å². The summed E-state index contributed by atoms with van der Waals surface area (Å²) in [5.74, 6) is -0.117. The van der Waals surface area contributed by atoms with Crippen LogP contribution in [-0.4, -0.2) is 62.4 Å². The van der Waals surface area contributed by atoms with Gasteiger partial charge in [0.05, 0.1) is 13.7 Å². The number of esters is 1. The number of methoxy groups -OCH3 is 2. The molecule has 1 aliphatic rings. The summed E-state index contributed by atoms with van der Waals surface area (Å²) >= 11 is 0. The van der Waals surface area contributed by atoms with Crippen LogP contribution in [0.25, 0.3) is 0 Å². The first-order chi connectivity index (χ1) is 10.0. The van der Waals surface area contributed by atoms with Crippen molar-refractivity contribution in [2.75, 3.05) is 33.9 Å². The van der Waals surface area contributed by atoms with Crippen LogP contribution < -0.4 is 5.32 Å². The Morgan fingerprint density at radius 1 is 1.43 bits per heavy atom. The highest BCUT2D eigenvalue weighted by molar-refractivity contribution is 5.81. The lowest BCUT2D eigenvalue weighted by atomic mass is 9.96. The number of nitrogens with one attached hydrogen (secondary N) is 1. The molecule has 1 fully saturated rings. The molecule has 0 amide bonds. The quantitative estimate of drug-likeness (QED) is 0.658. The molecule has 0 heterocycles. The minimum atomic E-state index is -0.504. The van der Waals surface area contributed by atoms with E-state index in [9.17, 15) is 4.79 Å². The number of hydrogen-bond acceptors (Lipinski definition) is 5. The predicted molar refractivity (Wildman–Crippen MR) is 84.4 cm³/mol. The Morgan fingerprint density at radius 2 is 2.14 bits per heavy atom. The van der Waals surface area contributed by atoms with Gasteiger partial charge in [-0.25, -0.2) is 0 Å². The van der Waals surface area contributed by atoms with Crippen molar-refractivity contribution in [2.45, 2.75) is 64.1 Å². The lowest BCUT2D eigenvalue weighted by Gasteiger charge is -2.34. The van der Waals surface area contributed by atoms with Gasteiger partial charge in [0.2, 0.25) is 0 Å². The normalized spacial score (nSPS) is 25.8. The number of carbonyl (C=O) groups excluding carboxylic acids is 1.